The highest BCUT2D eigenvalue weighted by atomic mass is 35.5. The van der Waals surface area contributed by atoms with E-state index >= 15 is 4.39 Å². The zero-order valence-electron chi connectivity index (χ0n) is 18.0. The fraction of sp³-hybridized carbons (Fsp3) is 0.280. The van der Waals surface area contributed by atoms with E-state index in [1.807, 2.05) is 13.0 Å². The first-order chi connectivity index (χ1) is 15.9. The molecule has 1 aliphatic carbocycles. The largest absolute Gasteiger partial charge is 0.352 e. The van der Waals surface area contributed by atoms with E-state index in [0.717, 1.165) is 18.4 Å². The number of aromatic amines is 1. The summed E-state index contributed by atoms with van der Waals surface area (Å²) in [6.07, 6.45) is 4.96. The third-order valence-corrected chi connectivity index (χ3v) is 5.44. The molecule has 8 heteroatoms. The van der Waals surface area contributed by atoms with Crippen molar-refractivity contribution in [3.8, 4) is 34.6 Å². The van der Waals surface area contributed by atoms with Crippen LogP contribution in [0, 0.1) is 23.6 Å². The summed E-state index contributed by atoms with van der Waals surface area (Å²) in [5.41, 5.74) is 1.26. The molecule has 4 rings (SSSR count). The predicted octanol–water partition coefficient (Wildman–Crippen LogP) is 4.47. The summed E-state index contributed by atoms with van der Waals surface area (Å²) >= 11 is 6.27. The van der Waals surface area contributed by atoms with Gasteiger partial charge in [0.2, 0.25) is 5.91 Å². The van der Waals surface area contributed by atoms with Gasteiger partial charge in [-0.2, -0.15) is 0 Å². The van der Waals surface area contributed by atoms with Crippen molar-refractivity contribution in [1.82, 2.24) is 20.3 Å². The van der Waals surface area contributed by atoms with Crippen molar-refractivity contribution in [3.63, 3.8) is 0 Å². The van der Waals surface area contributed by atoms with E-state index in [9.17, 15) is 9.59 Å². The molecule has 3 aromatic rings. The van der Waals surface area contributed by atoms with Crippen LogP contribution in [0.5, 0.6) is 0 Å². The average Bonchev–Trinajstić information content (AvgIpc) is 3.62. The summed E-state index contributed by atoms with van der Waals surface area (Å²) in [5.74, 6) is 5.90. The van der Waals surface area contributed by atoms with Gasteiger partial charge in [0.15, 0.2) is 0 Å². The van der Waals surface area contributed by atoms with Crippen molar-refractivity contribution in [2.45, 2.75) is 39.2 Å². The van der Waals surface area contributed by atoms with Gasteiger partial charge in [-0.25, -0.2) is 9.37 Å². The summed E-state index contributed by atoms with van der Waals surface area (Å²) in [7, 11) is 0. The molecule has 33 heavy (non-hydrogen) atoms. The van der Waals surface area contributed by atoms with Gasteiger partial charge in [0.1, 0.15) is 11.6 Å². The number of pyridine rings is 1. The fourth-order valence-electron chi connectivity index (χ4n) is 3.20. The number of amides is 1. The monoisotopic (exact) mass is 464 g/mol. The maximum atomic E-state index is 15.3. The van der Waals surface area contributed by atoms with Gasteiger partial charge in [0, 0.05) is 42.3 Å². The lowest BCUT2D eigenvalue weighted by atomic mass is 10.1. The molecule has 1 aromatic carbocycles. The number of halogens is 2. The first kappa shape index (κ1) is 22.7. The Morgan fingerprint density at radius 2 is 2.09 bits per heavy atom. The van der Waals surface area contributed by atoms with E-state index in [1.54, 1.807) is 12.3 Å². The lowest BCUT2D eigenvalue weighted by Gasteiger charge is -2.12. The van der Waals surface area contributed by atoms with Gasteiger partial charge in [-0.15, -0.1) is 0 Å². The number of carbonyl (C=O) groups is 1. The molecule has 1 saturated carbocycles. The first-order valence-corrected chi connectivity index (χ1v) is 11.2. The fourth-order valence-corrected chi connectivity index (χ4v) is 3.43. The Labute approximate surface area is 195 Å². The van der Waals surface area contributed by atoms with E-state index in [-0.39, 0.29) is 40.1 Å². The summed E-state index contributed by atoms with van der Waals surface area (Å²) in [4.78, 5) is 35.4. The van der Waals surface area contributed by atoms with E-state index in [0.29, 0.717) is 24.5 Å². The topological polar surface area (TPSA) is 87.7 Å². The van der Waals surface area contributed by atoms with Crippen molar-refractivity contribution in [3.05, 3.63) is 68.8 Å². The van der Waals surface area contributed by atoms with Crippen LogP contribution in [0.25, 0.3) is 22.8 Å². The Morgan fingerprint density at radius 1 is 1.27 bits per heavy atom. The minimum absolute atomic E-state index is 0.00364. The molecule has 0 spiro atoms. The van der Waals surface area contributed by atoms with Crippen LogP contribution < -0.4 is 10.9 Å². The Bertz CT molecular complexity index is 1300. The van der Waals surface area contributed by atoms with E-state index in [4.69, 9.17) is 11.6 Å². The highest BCUT2D eigenvalue weighted by molar-refractivity contribution is 6.33. The Kier molecular flexibility index (Phi) is 6.85. The van der Waals surface area contributed by atoms with Crippen LogP contribution in [0.4, 0.5) is 4.39 Å². The molecule has 1 amide bonds. The molecule has 0 radical (unpaired) electrons. The number of benzene rings is 1. The summed E-state index contributed by atoms with van der Waals surface area (Å²) in [6, 6.07) is 7.84. The molecular weight excluding hydrogens is 443 g/mol. The number of H-pyrrole nitrogens is 1. The normalized spacial score (nSPS) is 12.7. The van der Waals surface area contributed by atoms with Crippen molar-refractivity contribution in [2.75, 3.05) is 0 Å². The molecule has 2 aromatic heterocycles. The van der Waals surface area contributed by atoms with Crippen molar-refractivity contribution in [1.29, 1.82) is 0 Å². The lowest BCUT2D eigenvalue weighted by molar-refractivity contribution is -0.121. The lowest BCUT2D eigenvalue weighted by Crippen LogP contribution is -2.23. The molecule has 0 unspecified atom stereocenters. The molecule has 6 nitrogen and oxygen atoms in total. The second-order valence-electron chi connectivity index (χ2n) is 7.88. The van der Waals surface area contributed by atoms with Crippen LogP contribution in [-0.4, -0.2) is 20.9 Å². The summed E-state index contributed by atoms with van der Waals surface area (Å²) in [6.45, 7) is 1.89. The third kappa shape index (κ3) is 5.65. The summed E-state index contributed by atoms with van der Waals surface area (Å²) in [5, 5.41) is 2.77. The highest BCUT2D eigenvalue weighted by Crippen LogP contribution is 2.31. The quantitative estimate of drug-likeness (QED) is 0.527. The minimum Gasteiger partial charge on any atom is -0.352 e. The van der Waals surface area contributed by atoms with Gasteiger partial charge >= 0.3 is 0 Å². The molecule has 2 N–H and O–H groups in total. The number of hydrogen-bond acceptors (Lipinski definition) is 4. The van der Waals surface area contributed by atoms with Gasteiger partial charge < -0.3 is 10.3 Å². The Morgan fingerprint density at radius 3 is 2.79 bits per heavy atom. The molecular formula is C25H22ClFN4O2. The average molecular weight is 465 g/mol. The van der Waals surface area contributed by atoms with E-state index in [2.05, 4.69) is 32.1 Å². The number of rotatable bonds is 6. The number of aromatic nitrogens is 3. The van der Waals surface area contributed by atoms with E-state index < -0.39 is 11.4 Å². The highest BCUT2D eigenvalue weighted by Gasteiger charge is 2.19. The number of carbonyl (C=O) groups excluding carboxylic acids is 1. The molecule has 0 saturated heterocycles. The number of nitrogens with one attached hydrogen (secondary N) is 2. The van der Waals surface area contributed by atoms with Gasteiger partial charge in [0.25, 0.3) is 5.56 Å². The molecule has 1 aliphatic rings. The minimum atomic E-state index is -0.654. The maximum Gasteiger partial charge on any atom is 0.251 e. The molecule has 2 heterocycles. The maximum absolute atomic E-state index is 15.3. The second kappa shape index (κ2) is 9.97. The van der Waals surface area contributed by atoms with Gasteiger partial charge in [-0.05, 0) is 37.5 Å². The van der Waals surface area contributed by atoms with Crippen LogP contribution in [0.15, 0.2) is 41.3 Å². The van der Waals surface area contributed by atoms with Crippen LogP contribution in [-0.2, 0) is 11.3 Å². The van der Waals surface area contributed by atoms with Crippen molar-refractivity contribution < 1.29 is 9.18 Å². The van der Waals surface area contributed by atoms with Gasteiger partial charge in [-0.3, -0.25) is 14.6 Å². The van der Waals surface area contributed by atoms with Gasteiger partial charge in [-0.1, -0.05) is 36.4 Å². The third-order valence-electron chi connectivity index (χ3n) is 5.13. The second-order valence-corrected chi connectivity index (χ2v) is 8.28. The van der Waals surface area contributed by atoms with Crippen LogP contribution in [0.1, 0.15) is 43.7 Å². The molecule has 168 valence electrons. The first-order valence-electron chi connectivity index (χ1n) is 10.8. The molecule has 0 bridgehead atoms. The molecule has 0 atom stereocenters. The van der Waals surface area contributed by atoms with Crippen LogP contribution >= 0.6 is 11.6 Å². The zero-order valence-corrected chi connectivity index (χ0v) is 18.8. The van der Waals surface area contributed by atoms with Crippen molar-refractivity contribution in [2.24, 2.45) is 5.92 Å². The predicted molar refractivity (Wildman–Crippen MR) is 125 cm³/mol. The number of hydrogen-bond donors (Lipinski definition) is 2. The molecule has 0 aliphatic heterocycles. The SMILES string of the molecule is CCCC(=O)NCc1ccc(Cl)c(-c2nc(-c3ccc(C#CC4CC4)cn3)cc(=O)[nH]2)c1F. The van der Waals surface area contributed by atoms with E-state index in [1.165, 1.54) is 18.2 Å². The Balaban J connectivity index is 1.65. The number of nitrogens with zero attached hydrogens (tertiary/aromatic N) is 2. The van der Waals surface area contributed by atoms with Gasteiger partial charge in [0.05, 0.1) is 22.0 Å². The zero-order chi connectivity index (χ0) is 23.4. The smallest absolute Gasteiger partial charge is 0.251 e. The summed E-state index contributed by atoms with van der Waals surface area (Å²) < 4.78 is 15.3. The molecule has 1 fully saturated rings. The van der Waals surface area contributed by atoms with Crippen LogP contribution in [0.2, 0.25) is 5.02 Å². The standard InChI is InChI=1S/C25H22ClFN4O2/c1-2-3-21(32)29-14-17-9-10-18(26)23(24(17)27)25-30-20(12-22(33)31-25)19-11-8-16(13-28-19)7-6-15-4-5-15/h8-13,15H,2-5,14H2,1H3,(H,29,32)(H,30,31,33). The van der Waals surface area contributed by atoms with Crippen LogP contribution in [0.3, 0.4) is 0 Å². The van der Waals surface area contributed by atoms with Crippen molar-refractivity contribution >= 4 is 17.5 Å². The Hall–Kier alpha value is -3.50.